The van der Waals surface area contributed by atoms with E-state index in [-0.39, 0.29) is 0 Å². The summed E-state index contributed by atoms with van der Waals surface area (Å²) in [6, 6.07) is 5.71. The maximum absolute atomic E-state index is 9.37. The molecule has 0 bridgehead atoms. The van der Waals surface area contributed by atoms with E-state index in [9.17, 15) is 5.11 Å². The predicted octanol–water partition coefficient (Wildman–Crippen LogP) is 0.664. The fourth-order valence-corrected chi connectivity index (χ4v) is 1.72. The Morgan fingerprint density at radius 1 is 1.17 bits per heavy atom. The number of aliphatic hydroxyl groups excluding tert-OH is 2. The van der Waals surface area contributed by atoms with Gasteiger partial charge in [0.15, 0.2) is 11.5 Å². The zero-order chi connectivity index (χ0) is 13.5. The maximum Gasteiger partial charge on any atom is 0.160 e. The van der Waals surface area contributed by atoms with E-state index in [1.165, 1.54) is 0 Å². The molecule has 0 aromatic heterocycles. The minimum atomic E-state index is -1.17. The van der Waals surface area contributed by atoms with Crippen LogP contribution >= 0.6 is 0 Å². The molecular formula is C13H21NO4. The van der Waals surface area contributed by atoms with E-state index in [1.54, 1.807) is 14.2 Å². The highest BCUT2D eigenvalue weighted by Gasteiger charge is 2.11. The van der Waals surface area contributed by atoms with Crippen molar-refractivity contribution < 1.29 is 19.7 Å². The molecule has 0 fully saturated rings. The largest absolute Gasteiger partial charge is 0.493 e. The van der Waals surface area contributed by atoms with Gasteiger partial charge in [0, 0.05) is 0 Å². The first kappa shape index (κ1) is 14.8. The normalized spacial score (nSPS) is 14.1. The Balaban J connectivity index is 2.53. The van der Waals surface area contributed by atoms with Crippen molar-refractivity contribution in [1.82, 2.24) is 0 Å². The standard InChI is InChI=1S/C13H21NO4/c1-17-11-7-6-9(8-12(11)18-2)4-3-5-10(15)13(14)16/h6-8,10,13,15-16H,3-5,14H2,1-2H3. The molecule has 1 rings (SSSR count). The third kappa shape index (κ3) is 4.18. The molecule has 1 aromatic rings. The van der Waals surface area contributed by atoms with Crippen LogP contribution in [0.5, 0.6) is 11.5 Å². The van der Waals surface area contributed by atoms with Crippen LogP contribution in [0.25, 0.3) is 0 Å². The molecule has 1 aromatic carbocycles. The quantitative estimate of drug-likeness (QED) is 0.623. The lowest BCUT2D eigenvalue weighted by molar-refractivity contribution is 0.0177. The number of aryl methyl sites for hydroxylation is 1. The highest BCUT2D eigenvalue weighted by molar-refractivity contribution is 5.42. The van der Waals surface area contributed by atoms with Crippen LogP contribution in [0.3, 0.4) is 0 Å². The molecular weight excluding hydrogens is 234 g/mol. The smallest absolute Gasteiger partial charge is 0.160 e. The molecule has 0 aliphatic rings. The fourth-order valence-electron chi connectivity index (χ4n) is 1.72. The van der Waals surface area contributed by atoms with Crippen molar-refractivity contribution >= 4 is 0 Å². The number of hydrogen-bond donors (Lipinski definition) is 3. The van der Waals surface area contributed by atoms with Crippen LogP contribution in [-0.2, 0) is 6.42 Å². The SMILES string of the molecule is COc1ccc(CCCC(O)C(N)O)cc1OC. The Hall–Kier alpha value is -1.30. The summed E-state index contributed by atoms with van der Waals surface area (Å²) in [7, 11) is 3.19. The van der Waals surface area contributed by atoms with Crippen molar-refractivity contribution in [1.29, 1.82) is 0 Å². The summed E-state index contributed by atoms with van der Waals surface area (Å²) in [4.78, 5) is 0. The molecule has 5 nitrogen and oxygen atoms in total. The Kier molecular flexibility index (Phi) is 5.91. The van der Waals surface area contributed by atoms with Crippen molar-refractivity contribution in [3.05, 3.63) is 23.8 Å². The minimum Gasteiger partial charge on any atom is -0.493 e. The molecule has 18 heavy (non-hydrogen) atoms. The van der Waals surface area contributed by atoms with Crippen molar-refractivity contribution in [2.45, 2.75) is 31.6 Å². The molecule has 0 saturated carbocycles. The molecule has 0 aliphatic carbocycles. The number of ether oxygens (including phenoxy) is 2. The molecule has 102 valence electrons. The lowest BCUT2D eigenvalue weighted by Crippen LogP contribution is -2.34. The van der Waals surface area contributed by atoms with E-state index in [1.807, 2.05) is 18.2 Å². The molecule has 0 amide bonds. The summed E-state index contributed by atoms with van der Waals surface area (Å²) in [5.41, 5.74) is 6.26. The number of benzene rings is 1. The van der Waals surface area contributed by atoms with Gasteiger partial charge < -0.3 is 25.4 Å². The third-order valence-electron chi connectivity index (χ3n) is 2.81. The summed E-state index contributed by atoms with van der Waals surface area (Å²) in [6.07, 6.45) is -0.0540. The number of aliphatic hydroxyl groups is 2. The molecule has 4 N–H and O–H groups in total. The highest BCUT2D eigenvalue weighted by atomic mass is 16.5. The zero-order valence-corrected chi connectivity index (χ0v) is 10.8. The fraction of sp³-hybridized carbons (Fsp3) is 0.538. The van der Waals surface area contributed by atoms with Crippen LogP contribution in [0.1, 0.15) is 18.4 Å². The van der Waals surface area contributed by atoms with Crippen molar-refractivity contribution in [3.8, 4) is 11.5 Å². The molecule has 0 aliphatic heterocycles. The molecule has 2 unspecified atom stereocenters. The lowest BCUT2D eigenvalue weighted by Gasteiger charge is -2.13. The molecule has 0 heterocycles. The van der Waals surface area contributed by atoms with Gasteiger partial charge in [-0.25, -0.2) is 0 Å². The molecule has 0 saturated heterocycles. The van der Waals surface area contributed by atoms with Gasteiger partial charge in [0.25, 0.3) is 0 Å². The van der Waals surface area contributed by atoms with Crippen molar-refractivity contribution in [2.75, 3.05) is 14.2 Å². The summed E-state index contributed by atoms with van der Waals surface area (Å²) in [5, 5.41) is 18.3. The Morgan fingerprint density at radius 3 is 2.39 bits per heavy atom. The van der Waals surface area contributed by atoms with Gasteiger partial charge >= 0.3 is 0 Å². The van der Waals surface area contributed by atoms with Crippen LogP contribution in [-0.4, -0.2) is 36.8 Å². The number of nitrogens with two attached hydrogens (primary N) is 1. The first-order chi connectivity index (χ1) is 8.58. The minimum absolute atomic E-state index is 0.464. The maximum atomic E-state index is 9.37. The van der Waals surface area contributed by atoms with Gasteiger partial charge in [-0.3, -0.25) is 0 Å². The van der Waals surface area contributed by atoms with Crippen molar-refractivity contribution in [2.24, 2.45) is 5.73 Å². The van der Waals surface area contributed by atoms with Gasteiger partial charge in [0.2, 0.25) is 0 Å². The van der Waals surface area contributed by atoms with E-state index in [0.717, 1.165) is 18.4 Å². The van der Waals surface area contributed by atoms with E-state index in [2.05, 4.69) is 0 Å². The average molecular weight is 255 g/mol. The lowest BCUT2D eigenvalue weighted by atomic mass is 10.0. The number of hydrogen-bond acceptors (Lipinski definition) is 5. The van der Waals surface area contributed by atoms with E-state index in [4.69, 9.17) is 20.3 Å². The third-order valence-corrected chi connectivity index (χ3v) is 2.81. The number of rotatable bonds is 7. The Morgan fingerprint density at radius 2 is 1.83 bits per heavy atom. The highest BCUT2D eigenvalue weighted by Crippen LogP contribution is 2.28. The second-order valence-electron chi connectivity index (χ2n) is 4.14. The van der Waals surface area contributed by atoms with Gasteiger partial charge in [-0.2, -0.15) is 0 Å². The Labute approximate surface area is 107 Å². The van der Waals surface area contributed by atoms with E-state index < -0.39 is 12.3 Å². The average Bonchev–Trinajstić information content (AvgIpc) is 2.38. The summed E-state index contributed by atoms with van der Waals surface area (Å²) >= 11 is 0. The van der Waals surface area contributed by atoms with Crippen molar-refractivity contribution in [3.63, 3.8) is 0 Å². The molecule has 0 spiro atoms. The van der Waals surface area contributed by atoms with E-state index >= 15 is 0 Å². The van der Waals surface area contributed by atoms with Crippen LogP contribution in [0.4, 0.5) is 0 Å². The van der Waals surface area contributed by atoms with Crippen LogP contribution in [0.2, 0.25) is 0 Å². The van der Waals surface area contributed by atoms with Gasteiger partial charge in [-0.05, 0) is 37.0 Å². The molecule has 5 heteroatoms. The topological polar surface area (TPSA) is 84.9 Å². The molecule has 0 radical (unpaired) electrons. The number of methoxy groups -OCH3 is 2. The van der Waals surface area contributed by atoms with E-state index in [0.29, 0.717) is 17.9 Å². The summed E-state index contributed by atoms with van der Waals surface area (Å²) < 4.78 is 10.4. The van der Waals surface area contributed by atoms with Gasteiger partial charge in [0.1, 0.15) is 6.23 Å². The van der Waals surface area contributed by atoms with Gasteiger partial charge in [-0.1, -0.05) is 6.07 Å². The summed E-state index contributed by atoms with van der Waals surface area (Å²) in [6.45, 7) is 0. The predicted molar refractivity (Wildman–Crippen MR) is 68.7 cm³/mol. The first-order valence-corrected chi connectivity index (χ1v) is 5.91. The van der Waals surface area contributed by atoms with Crippen LogP contribution in [0.15, 0.2) is 18.2 Å². The van der Waals surface area contributed by atoms with Crippen LogP contribution in [0, 0.1) is 0 Å². The van der Waals surface area contributed by atoms with Gasteiger partial charge in [0.05, 0.1) is 20.3 Å². The summed E-state index contributed by atoms with van der Waals surface area (Å²) in [5.74, 6) is 1.38. The van der Waals surface area contributed by atoms with Gasteiger partial charge in [-0.15, -0.1) is 0 Å². The second kappa shape index (κ2) is 7.20. The molecule has 2 atom stereocenters. The zero-order valence-electron chi connectivity index (χ0n) is 10.8. The first-order valence-electron chi connectivity index (χ1n) is 5.91. The second-order valence-corrected chi connectivity index (χ2v) is 4.14. The monoisotopic (exact) mass is 255 g/mol. The Bertz CT molecular complexity index is 368. The van der Waals surface area contributed by atoms with Crippen LogP contribution < -0.4 is 15.2 Å².